The van der Waals surface area contributed by atoms with Crippen LogP contribution in [0.5, 0.6) is 5.75 Å². The van der Waals surface area contributed by atoms with Crippen LogP contribution in [0.4, 0.5) is 0 Å². The summed E-state index contributed by atoms with van der Waals surface area (Å²) in [5, 5.41) is 4.00. The highest BCUT2D eigenvalue weighted by molar-refractivity contribution is 6.30. The van der Waals surface area contributed by atoms with Gasteiger partial charge >= 0.3 is 0 Å². The van der Waals surface area contributed by atoms with Crippen molar-refractivity contribution in [2.45, 2.75) is 19.4 Å². The fourth-order valence-electron chi connectivity index (χ4n) is 3.19. The molecule has 138 valence electrons. The Bertz CT molecular complexity index is 1060. The second-order valence-corrected chi connectivity index (χ2v) is 6.82. The van der Waals surface area contributed by atoms with Crippen molar-refractivity contribution in [2.75, 3.05) is 13.2 Å². The van der Waals surface area contributed by atoms with Gasteiger partial charge in [0.15, 0.2) is 0 Å². The number of benzene rings is 2. The van der Waals surface area contributed by atoms with E-state index >= 15 is 0 Å². The molecule has 0 bridgehead atoms. The molecule has 0 atom stereocenters. The number of hydrogen-bond acceptors (Lipinski definition) is 4. The number of halogens is 1. The Hall–Kier alpha value is -2.86. The van der Waals surface area contributed by atoms with Crippen molar-refractivity contribution in [3.05, 3.63) is 69.2 Å². The summed E-state index contributed by atoms with van der Waals surface area (Å²) in [6.45, 7) is 1.42. The van der Waals surface area contributed by atoms with E-state index in [9.17, 15) is 9.59 Å². The number of fused-ring (bicyclic) bond motifs is 2. The molecule has 2 heterocycles. The van der Waals surface area contributed by atoms with Gasteiger partial charge in [0.1, 0.15) is 18.2 Å². The van der Waals surface area contributed by atoms with Gasteiger partial charge < -0.3 is 10.1 Å². The van der Waals surface area contributed by atoms with Gasteiger partial charge in [-0.25, -0.2) is 4.98 Å². The summed E-state index contributed by atoms with van der Waals surface area (Å²) >= 11 is 5.83. The second-order valence-electron chi connectivity index (χ2n) is 6.38. The van der Waals surface area contributed by atoms with Gasteiger partial charge in [0.25, 0.3) is 11.5 Å². The number of nitrogens with zero attached hydrogens (tertiary/aromatic N) is 2. The molecule has 1 amide bonds. The van der Waals surface area contributed by atoms with Crippen molar-refractivity contribution in [3.63, 3.8) is 0 Å². The molecular formula is C20H18ClN3O3. The molecule has 0 saturated heterocycles. The van der Waals surface area contributed by atoms with E-state index in [1.807, 2.05) is 0 Å². The number of carbonyl (C=O) groups excluding carboxylic acids is 1. The Kier molecular flexibility index (Phi) is 4.81. The highest BCUT2D eigenvalue weighted by atomic mass is 35.5. The maximum Gasteiger partial charge on any atom is 0.261 e. The van der Waals surface area contributed by atoms with Crippen LogP contribution in [0.1, 0.15) is 22.6 Å². The van der Waals surface area contributed by atoms with Crippen LogP contribution in [-0.2, 0) is 13.0 Å². The van der Waals surface area contributed by atoms with Gasteiger partial charge in [-0.2, -0.15) is 0 Å². The van der Waals surface area contributed by atoms with E-state index in [0.29, 0.717) is 46.9 Å². The number of ether oxygens (including phenoxy) is 1. The van der Waals surface area contributed by atoms with E-state index in [4.69, 9.17) is 16.3 Å². The molecular weight excluding hydrogens is 366 g/mol. The first-order chi connectivity index (χ1) is 13.1. The summed E-state index contributed by atoms with van der Waals surface area (Å²) in [7, 11) is 0. The predicted molar refractivity (Wildman–Crippen MR) is 104 cm³/mol. The van der Waals surface area contributed by atoms with Crippen molar-refractivity contribution < 1.29 is 9.53 Å². The maximum absolute atomic E-state index is 12.5. The Morgan fingerprint density at radius 1 is 1.22 bits per heavy atom. The van der Waals surface area contributed by atoms with E-state index in [2.05, 4.69) is 10.3 Å². The molecule has 0 aliphatic carbocycles. The number of aromatic nitrogens is 2. The summed E-state index contributed by atoms with van der Waals surface area (Å²) in [5.74, 6) is 1.26. The Morgan fingerprint density at radius 2 is 2.04 bits per heavy atom. The van der Waals surface area contributed by atoms with Gasteiger partial charge in [-0.1, -0.05) is 11.6 Å². The number of amides is 1. The van der Waals surface area contributed by atoms with Gasteiger partial charge in [0.05, 0.1) is 17.4 Å². The van der Waals surface area contributed by atoms with Crippen molar-refractivity contribution in [2.24, 2.45) is 0 Å². The average molecular weight is 384 g/mol. The average Bonchev–Trinajstić information content (AvgIpc) is 3.15. The molecule has 7 heteroatoms. The van der Waals surface area contributed by atoms with Crippen molar-refractivity contribution in [1.82, 2.24) is 14.9 Å². The van der Waals surface area contributed by atoms with Gasteiger partial charge in [0.2, 0.25) is 0 Å². The lowest BCUT2D eigenvalue weighted by Gasteiger charge is -2.09. The number of carbonyl (C=O) groups is 1. The van der Waals surface area contributed by atoms with E-state index < -0.39 is 0 Å². The fraction of sp³-hybridized carbons (Fsp3) is 0.250. The molecule has 0 radical (unpaired) electrons. The third-order valence-electron chi connectivity index (χ3n) is 4.55. The third-order valence-corrected chi connectivity index (χ3v) is 4.80. The quantitative estimate of drug-likeness (QED) is 0.687. The number of nitrogens with one attached hydrogen (secondary N) is 1. The summed E-state index contributed by atoms with van der Waals surface area (Å²) in [6.07, 6.45) is 1.73. The van der Waals surface area contributed by atoms with E-state index in [0.717, 1.165) is 18.7 Å². The van der Waals surface area contributed by atoms with Crippen LogP contribution in [0.15, 0.2) is 47.3 Å². The Labute approximate surface area is 160 Å². The molecule has 0 unspecified atom stereocenters. The second kappa shape index (κ2) is 7.40. The predicted octanol–water partition coefficient (Wildman–Crippen LogP) is 2.80. The van der Waals surface area contributed by atoms with Crippen LogP contribution in [0.25, 0.3) is 10.9 Å². The van der Waals surface area contributed by atoms with Gasteiger partial charge in [-0.3, -0.25) is 14.2 Å². The number of aryl methyl sites for hydroxylation is 1. The van der Waals surface area contributed by atoms with Gasteiger partial charge in [0, 0.05) is 23.6 Å². The summed E-state index contributed by atoms with van der Waals surface area (Å²) in [5.41, 5.74) is 1.01. The Morgan fingerprint density at radius 3 is 2.85 bits per heavy atom. The number of rotatable bonds is 5. The summed E-state index contributed by atoms with van der Waals surface area (Å²) in [4.78, 5) is 29.4. The maximum atomic E-state index is 12.5. The molecule has 0 saturated carbocycles. The SMILES string of the molecule is O=C(NCCOc1ccc(Cl)cc1)c1ccc2c(=O)n3c(nc2c1)CCC3. The zero-order valence-electron chi connectivity index (χ0n) is 14.6. The minimum Gasteiger partial charge on any atom is -0.492 e. The lowest BCUT2D eigenvalue weighted by molar-refractivity contribution is 0.0947. The van der Waals surface area contributed by atoms with Crippen molar-refractivity contribution in [1.29, 1.82) is 0 Å². The van der Waals surface area contributed by atoms with Crippen LogP contribution < -0.4 is 15.6 Å². The van der Waals surface area contributed by atoms with Crippen LogP contribution >= 0.6 is 11.6 Å². The highest BCUT2D eigenvalue weighted by Gasteiger charge is 2.17. The first kappa shape index (κ1) is 17.5. The van der Waals surface area contributed by atoms with Crippen molar-refractivity contribution >= 4 is 28.4 Å². The molecule has 1 aromatic heterocycles. The fourth-order valence-corrected chi connectivity index (χ4v) is 3.32. The number of hydrogen-bond donors (Lipinski definition) is 1. The normalized spacial score (nSPS) is 12.8. The van der Waals surface area contributed by atoms with E-state index in [-0.39, 0.29) is 11.5 Å². The van der Waals surface area contributed by atoms with Crippen LogP contribution in [0.3, 0.4) is 0 Å². The van der Waals surface area contributed by atoms with Gasteiger partial charge in [-0.15, -0.1) is 0 Å². The van der Waals surface area contributed by atoms with Gasteiger partial charge in [-0.05, 0) is 48.9 Å². The molecule has 1 aliphatic heterocycles. The largest absolute Gasteiger partial charge is 0.492 e. The summed E-state index contributed by atoms with van der Waals surface area (Å²) in [6, 6.07) is 12.0. The van der Waals surface area contributed by atoms with E-state index in [1.54, 1.807) is 47.0 Å². The minimum absolute atomic E-state index is 0.0316. The van der Waals surface area contributed by atoms with Crippen molar-refractivity contribution in [3.8, 4) is 5.75 Å². The zero-order chi connectivity index (χ0) is 18.8. The van der Waals surface area contributed by atoms with E-state index in [1.165, 1.54) is 0 Å². The molecule has 4 rings (SSSR count). The first-order valence-electron chi connectivity index (χ1n) is 8.82. The zero-order valence-corrected chi connectivity index (χ0v) is 15.3. The Balaban J connectivity index is 1.41. The summed E-state index contributed by atoms with van der Waals surface area (Å²) < 4.78 is 7.27. The monoisotopic (exact) mass is 383 g/mol. The molecule has 1 aliphatic rings. The minimum atomic E-state index is -0.223. The molecule has 3 aromatic rings. The smallest absolute Gasteiger partial charge is 0.261 e. The molecule has 1 N–H and O–H groups in total. The lowest BCUT2D eigenvalue weighted by Crippen LogP contribution is -2.28. The topological polar surface area (TPSA) is 73.2 Å². The molecule has 0 fully saturated rings. The molecule has 0 spiro atoms. The molecule has 6 nitrogen and oxygen atoms in total. The molecule has 27 heavy (non-hydrogen) atoms. The lowest BCUT2D eigenvalue weighted by atomic mass is 10.1. The standard InChI is InChI=1S/C20H18ClN3O3/c21-14-4-6-15(7-5-14)27-11-9-22-19(25)13-3-8-16-17(12-13)23-18-2-1-10-24(18)20(16)26/h3-8,12H,1-2,9-11H2,(H,22,25). The van der Waals surface area contributed by atoms with Crippen LogP contribution in [0, 0.1) is 0 Å². The first-order valence-corrected chi connectivity index (χ1v) is 9.20. The molecule has 2 aromatic carbocycles. The third kappa shape index (κ3) is 3.66. The van der Waals surface area contributed by atoms with Crippen LogP contribution in [0.2, 0.25) is 5.02 Å². The van der Waals surface area contributed by atoms with Crippen LogP contribution in [-0.4, -0.2) is 28.6 Å². The highest BCUT2D eigenvalue weighted by Crippen LogP contribution is 2.17.